The second-order valence-electron chi connectivity index (χ2n) is 7.92. The van der Waals surface area contributed by atoms with E-state index in [9.17, 15) is 24.0 Å². The number of carbonyl (C=O) groups excluding carboxylic acids is 1. The lowest BCUT2D eigenvalue weighted by Gasteiger charge is -2.14. The second kappa shape index (κ2) is 10.2. The highest BCUT2D eigenvalue weighted by Crippen LogP contribution is 2.26. The highest BCUT2D eigenvalue weighted by atomic mass is 19.3. The van der Waals surface area contributed by atoms with Crippen molar-refractivity contribution in [2.24, 2.45) is 4.99 Å². The summed E-state index contributed by atoms with van der Waals surface area (Å²) in [5.74, 6) is -3.50. The number of fused-ring (bicyclic) bond motifs is 1. The van der Waals surface area contributed by atoms with E-state index in [0.29, 0.717) is 10.5 Å². The summed E-state index contributed by atoms with van der Waals surface area (Å²) in [5.41, 5.74) is 5.92. The number of benzene rings is 1. The van der Waals surface area contributed by atoms with Gasteiger partial charge in [0.2, 0.25) is 5.91 Å². The summed E-state index contributed by atoms with van der Waals surface area (Å²) < 4.78 is 29.4. The number of hydrogen-bond acceptors (Lipinski definition) is 7. The standard InChI is InChI=1S/C25H21F2N7O2/c26-25(27,21-3-1-2-9-30-21)15-33-22-7-6-18(13-28)20(34(22)36)12-23(35)32-14-16-4-5-17-8-10-31-24(29)19(17)11-16/h1-11,36H,12,14-15H2,(H2,29,31)(H,32,35). The number of alkyl halides is 2. The number of halogens is 2. The number of nitrogens with zero attached hydrogens (tertiary/aromatic N) is 5. The Labute approximate surface area is 204 Å². The number of hydrogen-bond donors (Lipinski definition) is 3. The van der Waals surface area contributed by atoms with Crippen molar-refractivity contribution in [3.05, 3.63) is 95.0 Å². The predicted molar refractivity (Wildman–Crippen MR) is 127 cm³/mol. The monoisotopic (exact) mass is 489 g/mol. The summed E-state index contributed by atoms with van der Waals surface area (Å²) in [5, 5.41) is 24.3. The van der Waals surface area contributed by atoms with E-state index < -0.39 is 24.1 Å². The van der Waals surface area contributed by atoms with Crippen LogP contribution in [0.5, 0.6) is 0 Å². The van der Waals surface area contributed by atoms with Gasteiger partial charge in [-0.05, 0) is 47.3 Å². The lowest BCUT2D eigenvalue weighted by molar-refractivity contribution is -0.120. The van der Waals surface area contributed by atoms with Crippen molar-refractivity contribution in [1.29, 1.82) is 5.26 Å². The minimum Gasteiger partial charge on any atom is -0.427 e. The zero-order valence-electron chi connectivity index (χ0n) is 18.9. The number of anilines is 1. The summed E-state index contributed by atoms with van der Waals surface area (Å²) >= 11 is 0. The first kappa shape index (κ1) is 24.3. The number of amides is 1. The van der Waals surface area contributed by atoms with Crippen LogP contribution in [-0.2, 0) is 23.7 Å². The summed E-state index contributed by atoms with van der Waals surface area (Å²) in [6.07, 6.45) is 2.48. The maximum absolute atomic E-state index is 14.4. The Hall–Kier alpha value is -4.85. The molecule has 4 N–H and O–H groups in total. The van der Waals surface area contributed by atoms with Crippen molar-refractivity contribution in [2.75, 3.05) is 12.3 Å². The maximum Gasteiger partial charge on any atom is 0.308 e. The third-order valence-electron chi connectivity index (χ3n) is 5.46. The van der Waals surface area contributed by atoms with Crippen molar-refractivity contribution in [2.45, 2.75) is 18.9 Å². The van der Waals surface area contributed by atoms with E-state index >= 15 is 0 Å². The summed E-state index contributed by atoms with van der Waals surface area (Å²) in [7, 11) is 0. The molecule has 4 rings (SSSR count). The summed E-state index contributed by atoms with van der Waals surface area (Å²) in [4.78, 5) is 24.1. The number of aromatic nitrogens is 3. The van der Waals surface area contributed by atoms with Gasteiger partial charge in [0.1, 0.15) is 24.1 Å². The fourth-order valence-electron chi connectivity index (χ4n) is 3.57. The van der Waals surface area contributed by atoms with Crippen LogP contribution in [0.25, 0.3) is 10.8 Å². The molecule has 0 bridgehead atoms. The molecule has 3 aromatic heterocycles. The minimum absolute atomic E-state index is 0.00707. The number of nitrogens with two attached hydrogens (primary N) is 1. The molecule has 11 heteroatoms. The molecule has 36 heavy (non-hydrogen) atoms. The third-order valence-corrected chi connectivity index (χ3v) is 5.46. The van der Waals surface area contributed by atoms with Gasteiger partial charge in [-0.25, -0.2) is 4.98 Å². The van der Waals surface area contributed by atoms with Crippen LogP contribution in [0.2, 0.25) is 0 Å². The topological polar surface area (TPSA) is 142 Å². The van der Waals surface area contributed by atoms with Crippen molar-refractivity contribution >= 4 is 22.5 Å². The highest BCUT2D eigenvalue weighted by Gasteiger charge is 2.32. The number of carbonyl (C=O) groups is 1. The van der Waals surface area contributed by atoms with Crippen LogP contribution in [0.15, 0.2) is 72.0 Å². The molecule has 0 aliphatic heterocycles. The Morgan fingerprint density at radius 2 is 2.00 bits per heavy atom. The first-order chi connectivity index (χ1) is 17.3. The molecular formula is C25H21F2N7O2. The molecule has 0 atom stereocenters. The average Bonchev–Trinajstić information content (AvgIpc) is 2.89. The molecule has 0 aliphatic rings. The Bertz CT molecular complexity index is 1530. The molecule has 3 heterocycles. The average molecular weight is 489 g/mol. The van der Waals surface area contributed by atoms with E-state index in [-0.39, 0.29) is 29.7 Å². The van der Waals surface area contributed by atoms with Crippen LogP contribution >= 0.6 is 0 Å². The van der Waals surface area contributed by atoms with Gasteiger partial charge in [0.05, 0.1) is 17.7 Å². The smallest absolute Gasteiger partial charge is 0.308 e. The van der Waals surface area contributed by atoms with Crippen LogP contribution in [0.1, 0.15) is 22.5 Å². The van der Waals surface area contributed by atoms with Crippen molar-refractivity contribution in [3.8, 4) is 6.07 Å². The van der Waals surface area contributed by atoms with Crippen LogP contribution in [-0.4, -0.2) is 32.4 Å². The van der Waals surface area contributed by atoms with Crippen LogP contribution in [0.3, 0.4) is 0 Å². The zero-order chi connectivity index (χ0) is 25.7. The SMILES string of the molecule is N#Cc1ccc(=NCC(F)(F)c2ccccn2)n(O)c1CC(=O)NCc1ccc2ccnc(N)c2c1. The van der Waals surface area contributed by atoms with Gasteiger partial charge in [-0.3, -0.25) is 14.8 Å². The van der Waals surface area contributed by atoms with Gasteiger partial charge in [-0.15, -0.1) is 0 Å². The van der Waals surface area contributed by atoms with E-state index in [4.69, 9.17) is 5.73 Å². The number of pyridine rings is 3. The Kier molecular flexibility index (Phi) is 6.87. The maximum atomic E-state index is 14.4. The number of rotatable bonds is 7. The molecular weight excluding hydrogens is 468 g/mol. The van der Waals surface area contributed by atoms with Crippen LogP contribution < -0.4 is 16.5 Å². The van der Waals surface area contributed by atoms with Crippen LogP contribution in [0, 0.1) is 11.3 Å². The predicted octanol–water partition coefficient (Wildman–Crippen LogP) is 2.67. The molecule has 9 nitrogen and oxygen atoms in total. The Balaban J connectivity index is 1.51. The molecule has 0 aliphatic carbocycles. The Morgan fingerprint density at radius 3 is 2.75 bits per heavy atom. The molecule has 182 valence electrons. The molecule has 0 unspecified atom stereocenters. The van der Waals surface area contributed by atoms with Gasteiger partial charge in [0.15, 0.2) is 5.49 Å². The van der Waals surface area contributed by atoms with E-state index in [1.165, 1.54) is 36.5 Å². The van der Waals surface area contributed by atoms with Gasteiger partial charge in [-0.1, -0.05) is 18.2 Å². The lowest BCUT2D eigenvalue weighted by Crippen LogP contribution is -2.31. The van der Waals surface area contributed by atoms with E-state index in [2.05, 4.69) is 20.3 Å². The number of nitrogen functional groups attached to an aromatic ring is 1. The quantitative estimate of drug-likeness (QED) is 0.341. The normalized spacial score (nSPS) is 11.9. The van der Waals surface area contributed by atoms with E-state index in [0.717, 1.165) is 16.3 Å². The number of nitrogens with one attached hydrogen (secondary N) is 1. The first-order valence-corrected chi connectivity index (χ1v) is 10.8. The molecule has 4 aromatic rings. The van der Waals surface area contributed by atoms with Gasteiger partial charge in [0, 0.05) is 24.3 Å². The molecule has 0 spiro atoms. The summed E-state index contributed by atoms with van der Waals surface area (Å²) in [6.45, 7) is -0.821. The molecule has 1 amide bonds. The largest absolute Gasteiger partial charge is 0.427 e. The van der Waals surface area contributed by atoms with Gasteiger partial charge >= 0.3 is 5.92 Å². The summed E-state index contributed by atoms with van der Waals surface area (Å²) in [6, 6.07) is 15.9. The Morgan fingerprint density at radius 1 is 1.17 bits per heavy atom. The van der Waals surface area contributed by atoms with Crippen molar-refractivity contribution in [1.82, 2.24) is 20.0 Å². The third kappa shape index (κ3) is 5.28. The van der Waals surface area contributed by atoms with Crippen molar-refractivity contribution in [3.63, 3.8) is 0 Å². The molecule has 0 saturated carbocycles. The molecule has 0 saturated heterocycles. The zero-order valence-corrected chi connectivity index (χ0v) is 18.9. The molecule has 0 radical (unpaired) electrons. The van der Waals surface area contributed by atoms with Crippen molar-refractivity contribution < 1.29 is 18.8 Å². The minimum atomic E-state index is -3.38. The van der Waals surface area contributed by atoms with Crippen LogP contribution in [0.4, 0.5) is 14.6 Å². The van der Waals surface area contributed by atoms with Gasteiger partial charge < -0.3 is 16.3 Å². The van der Waals surface area contributed by atoms with Gasteiger partial charge in [-0.2, -0.15) is 18.8 Å². The highest BCUT2D eigenvalue weighted by molar-refractivity contribution is 5.91. The fraction of sp³-hybridized carbons (Fsp3) is 0.160. The fourth-order valence-corrected chi connectivity index (χ4v) is 3.57. The molecule has 0 fully saturated rings. The second-order valence-corrected chi connectivity index (χ2v) is 7.92. The van der Waals surface area contributed by atoms with E-state index in [1.54, 1.807) is 6.20 Å². The number of nitriles is 1. The first-order valence-electron chi connectivity index (χ1n) is 10.8. The lowest BCUT2D eigenvalue weighted by atomic mass is 10.1. The molecule has 1 aromatic carbocycles. The van der Waals surface area contributed by atoms with E-state index in [1.807, 2.05) is 30.3 Å². The van der Waals surface area contributed by atoms with Gasteiger partial charge in [0.25, 0.3) is 0 Å².